The Balaban J connectivity index is 3.28. The predicted octanol–water partition coefficient (Wildman–Crippen LogP) is 1.88. The molecule has 0 bridgehead atoms. The molecule has 1 rings (SSSR count). The molecule has 0 radical (unpaired) electrons. The quantitative estimate of drug-likeness (QED) is 0.883. The number of ether oxygens (including phenoxy) is 1. The van der Waals surface area contributed by atoms with Gasteiger partial charge < -0.3 is 14.9 Å². The van der Waals surface area contributed by atoms with Gasteiger partial charge in [0.15, 0.2) is 6.10 Å². The molecule has 82 valence electrons. The lowest BCUT2D eigenvalue weighted by Gasteiger charge is -2.12. The number of carboxylic acids is 1. The van der Waals surface area contributed by atoms with Gasteiger partial charge in [-0.15, -0.1) is 0 Å². The second-order valence-electron chi connectivity index (χ2n) is 3.11. The van der Waals surface area contributed by atoms with Crippen molar-refractivity contribution in [3.8, 4) is 5.75 Å². The molecule has 15 heavy (non-hydrogen) atoms. The van der Waals surface area contributed by atoms with Crippen molar-refractivity contribution in [3.63, 3.8) is 0 Å². The van der Waals surface area contributed by atoms with Gasteiger partial charge >= 0.3 is 5.97 Å². The fraction of sp³-hybridized carbons (Fsp3) is 0.300. The minimum atomic E-state index is -1.55. The van der Waals surface area contributed by atoms with Crippen molar-refractivity contribution in [2.75, 3.05) is 7.11 Å². The van der Waals surface area contributed by atoms with Crippen LogP contribution in [0.3, 0.4) is 0 Å². The number of carboxylic acid groups (broad SMARTS) is 1. The fourth-order valence-electron chi connectivity index (χ4n) is 1.24. The molecule has 2 N–H and O–H groups in total. The van der Waals surface area contributed by atoms with Crippen LogP contribution in [0.2, 0.25) is 0 Å². The molecule has 1 aromatic carbocycles. The Morgan fingerprint density at radius 2 is 2.13 bits per heavy atom. The minimum absolute atomic E-state index is 0.291. The van der Waals surface area contributed by atoms with Gasteiger partial charge in [0.2, 0.25) is 0 Å². The zero-order chi connectivity index (χ0) is 11.6. The van der Waals surface area contributed by atoms with Crippen LogP contribution in [0.4, 0.5) is 0 Å². The van der Waals surface area contributed by atoms with E-state index in [4.69, 9.17) is 9.84 Å². The first-order valence-corrected chi connectivity index (χ1v) is 5.01. The predicted molar refractivity (Wildman–Crippen MR) is 58.0 cm³/mol. The lowest BCUT2D eigenvalue weighted by Crippen LogP contribution is -2.11. The van der Waals surface area contributed by atoms with E-state index in [1.54, 1.807) is 19.1 Å². The van der Waals surface area contributed by atoms with Crippen LogP contribution in [0, 0.1) is 6.92 Å². The topological polar surface area (TPSA) is 66.8 Å². The number of benzene rings is 1. The maximum Gasteiger partial charge on any atom is 0.337 e. The first-order valence-electron chi connectivity index (χ1n) is 4.22. The van der Waals surface area contributed by atoms with Gasteiger partial charge in [-0.25, -0.2) is 4.79 Å². The van der Waals surface area contributed by atoms with Crippen molar-refractivity contribution < 1.29 is 19.7 Å². The Kier molecular flexibility index (Phi) is 3.71. The molecule has 1 atom stereocenters. The molecule has 0 saturated carbocycles. The van der Waals surface area contributed by atoms with Crippen molar-refractivity contribution in [3.05, 3.63) is 27.7 Å². The first kappa shape index (κ1) is 12.0. The molecule has 0 heterocycles. The molecule has 5 heteroatoms. The molecule has 1 unspecified atom stereocenters. The smallest absolute Gasteiger partial charge is 0.337 e. The summed E-state index contributed by atoms with van der Waals surface area (Å²) >= 11 is 3.20. The zero-order valence-electron chi connectivity index (χ0n) is 8.32. The SMILES string of the molecule is COc1cc(C)cc(C(O)C(=O)O)c1Br. The molecule has 0 fully saturated rings. The Hall–Kier alpha value is -1.07. The lowest BCUT2D eigenvalue weighted by atomic mass is 10.1. The monoisotopic (exact) mass is 274 g/mol. The largest absolute Gasteiger partial charge is 0.496 e. The third-order valence-electron chi connectivity index (χ3n) is 1.96. The zero-order valence-corrected chi connectivity index (χ0v) is 9.91. The summed E-state index contributed by atoms with van der Waals surface area (Å²) in [7, 11) is 1.48. The number of hydrogen-bond donors (Lipinski definition) is 2. The average Bonchev–Trinajstić information content (AvgIpc) is 2.19. The van der Waals surface area contributed by atoms with Gasteiger partial charge in [-0.3, -0.25) is 0 Å². The molecule has 0 aromatic heterocycles. The Morgan fingerprint density at radius 1 is 1.53 bits per heavy atom. The van der Waals surface area contributed by atoms with Crippen LogP contribution >= 0.6 is 15.9 Å². The van der Waals surface area contributed by atoms with Crippen LogP contribution < -0.4 is 4.74 Å². The summed E-state index contributed by atoms with van der Waals surface area (Å²) in [5, 5.41) is 18.1. The summed E-state index contributed by atoms with van der Waals surface area (Å²) < 4.78 is 5.51. The van der Waals surface area contributed by atoms with Crippen LogP contribution in [0.1, 0.15) is 17.2 Å². The van der Waals surface area contributed by atoms with Crippen LogP contribution in [-0.2, 0) is 4.79 Å². The van der Waals surface area contributed by atoms with Gasteiger partial charge in [0.05, 0.1) is 11.6 Å². The highest BCUT2D eigenvalue weighted by molar-refractivity contribution is 9.10. The van der Waals surface area contributed by atoms with E-state index < -0.39 is 12.1 Å². The normalized spacial score (nSPS) is 12.3. The Bertz CT molecular complexity index is 389. The molecule has 0 spiro atoms. The molecular weight excluding hydrogens is 264 g/mol. The van der Waals surface area contributed by atoms with Gasteiger partial charge in [-0.1, -0.05) is 6.07 Å². The van der Waals surface area contributed by atoms with Crippen LogP contribution in [0.15, 0.2) is 16.6 Å². The molecule has 0 aliphatic rings. The second kappa shape index (κ2) is 4.63. The summed E-state index contributed by atoms with van der Waals surface area (Å²) in [6.07, 6.45) is -1.55. The minimum Gasteiger partial charge on any atom is -0.496 e. The number of rotatable bonds is 3. The van der Waals surface area contributed by atoms with Crippen LogP contribution in [0.25, 0.3) is 0 Å². The Morgan fingerprint density at radius 3 is 2.60 bits per heavy atom. The summed E-state index contributed by atoms with van der Waals surface area (Å²) in [5.74, 6) is -0.784. The number of aliphatic hydroxyl groups excluding tert-OH is 1. The van der Waals surface area contributed by atoms with Crippen molar-refractivity contribution in [1.82, 2.24) is 0 Å². The first-order chi connectivity index (χ1) is 6.97. The van der Waals surface area contributed by atoms with Crippen molar-refractivity contribution in [1.29, 1.82) is 0 Å². The third-order valence-corrected chi connectivity index (χ3v) is 2.81. The van der Waals surface area contributed by atoms with Crippen molar-refractivity contribution in [2.24, 2.45) is 0 Å². The van der Waals surface area contributed by atoms with E-state index in [9.17, 15) is 9.90 Å². The number of aliphatic hydroxyl groups is 1. The van der Waals surface area contributed by atoms with Crippen molar-refractivity contribution in [2.45, 2.75) is 13.0 Å². The fourth-order valence-corrected chi connectivity index (χ4v) is 1.85. The summed E-state index contributed by atoms with van der Waals surface area (Å²) in [5.41, 5.74) is 1.12. The molecule has 0 aliphatic heterocycles. The molecular formula is C10H11BrO4. The van der Waals surface area contributed by atoms with E-state index in [2.05, 4.69) is 15.9 Å². The van der Waals surface area contributed by atoms with Crippen LogP contribution in [0.5, 0.6) is 5.75 Å². The van der Waals surface area contributed by atoms with Gasteiger partial charge in [-0.2, -0.15) is 0 Å². The Labute approximate surface area is 95.6 Å². The van der Waals surface area contributed by atoms with Crippen molar-refractivity contribution >= 4 is 21.9 Å². The van der Waals surface area contributed by atoms with Gasteiger partial charge in [0, 0.05) is 5.56 Å². The lowest BCUT2D eigenvalue weighted by molar-refractivity contribution is -0.147. The number of methoxy groups -OCH3 is 1. The number of halogens is 1. The standard InChI is InChI=1S/C10H11BrO4/c1-5-3-6(9(12)10(13)14)8(11)7(4-5)15-2/h3-4,9,12H,1-2H3,(H,13,14). The summed E-state index contributed by atoms with van der Waals surface area (Å²) in [6, 6.07) is 3.35. The average molecular weight is 275 g/mol. The number of aryl methyl sites for hydroxylation is 1. The van der Waals surface area contributed by atoms with E-state index in [0.717, 1.165) is 5.56 Å². The summed E-state index contributed by atoms with van der Waals surface area (Å²) in [4.78, 5) is 10.7. The van der Waals surface area contributed by atoms with E-state index in [0.29, 0.717) is 15.8 Å². The highest BCUT2D eigenvalue weighted by Gasteiger charge is 2.21. The molecule has 0 saturated heterocycles. The van der Waals surface area contributed by atoms with E-state index >= 15 is 0 Å². The molecule has 1 aromatic rings. The third kappa shape index (κ3) is 2.49. The maximum atomic E-state index is 10.7. The summed E-state index contributed by atoms with van der Waals surface area (Å²) in [6.45, 7) is 1.80. The molecule has 4 nitrogen and oxygen atoms in total. The van der Waals surface area contributed by atoms with Crippen LogP contribution in [-0.4, -0.2) is 23.3 Å². The highest BCUT2D eigenvalue weighted by Crippen LogP contribution is 2.33. The number of aliphatic carboxylic acids is 1. The van der Waals surface area contributed by atoms with Gasteiger partial charge in [0.25, 0.3) is 0 Å². The number of carbonyl (C=O) groups is 1. The van der Waals surface area contributed by atoms with E-state index in [1.807, 2.05) is 0 Å². The molecule has 0 aliphatic carbocycles. The maximum absolute atomic E-state index is 10.7. The van der Waals surface area contributed by atoms with Gasteiger partial charge in [-0.05, 0) is 34.5 Å². The number of hydrogen-bond acceptors (Lipinski definition) is 3. The van der Waals surface area contributed by atoms with E-state index in [-0.39, 0.29) is 0 Å². The highest BCUT2D eigenvalue weighted by atomic mass is 79.9. The van der Waals surface area contributed by atoms with E-state index in [1.165, 1.54) is 7.11 Å². The molecule has 0 amide bonds. The second-order valence-corrected chi connectivity index (χ2v) is 3.90. The van der Waals surface area contributed by atoms with Gasteiger partial charge in [0.1, 0.15) is 5.75 Å².